The van der Waals surface area contributed by atoms with Crippen LogP contribution >= 0.6 is 0 Å². The van der Waals surface area contributed by atoms with E-state index in [1.54, 1.807) is 0 Å². The van der Waals surface area contributed by atoms with Gasteiger partial charge in [0, 0.05) is 40.3 Å². The van der Waals surface area contributed by atoms with Crippen LogP contribution in [0.25, 0.3) is 0 Å². The fraction of sp³-hybridized carbons (Fsp3) is 0.900. The van der Waals surface area contributed by atoms with Gasteiger partial charge in [-0.05, 0) is 12.8 Å². The van der Waals surface area contributed by atoms with Crippen LogP contribution in [-0.2, 0) is 15.0 Å². The molecular weight excluding hydrogens is 256 g/mol. The summed E-state index contributed by atoms with van der Waals surface area (Å²) in [7, 11) is -0.438. The monoisotopic (exact) mass is 278 g/mol. The van der Waals surface area contributed by atoms with Crippen LogP contribution in [0.2, 0.25) is 0 Å². The molecule has 0 aromatic rings. The van der Waals surface area contributed by atoms with Crippen molar-refractivity contribution in [2.75, 3.05) is 40.3 Å². The van der Waals surface area contributed by atoms with E-state index in [0.717, 1.165) is 6.42 Å². The Morgan fingerprint density at radius 1 is 1.50 bits per heavy atom. The van der Waals surface area contributed by atoms with Crippen LogP contribution in [0.3, 0.4) is 0 Å². The molecule has 0 aromatic heterocycles. The van der Waals surface area contributed by atoms with Gasteiger partial charge in [0.2, 0.25) is 5.91 Å². The standard InChI is InChI=1S/C10H22N4O3S/c1-13(2)18(16,17)14-7-3-4-9(8-14)10(15)12-6-5-11/h9H,3-8,11H2,1-2H3,(H,12,15). The van der Waals surface area contributed by atoms with E-state index in [0.29, 0.717) is 26.1 Å². The van der Waals surface area contributed by atoms with Crippen molar-refractivity contribution >= 4 is 16.1 Å². The quantitative estimate of drug-likeness (QED) is 0.645. The number of carbonyl (C=O) groups excluding carboxylic acids is 1. The van der Waals surface area contributed by atoms with E-state index < -0.39 is 10.2 Å². The second-order valence-corrected chi connectivity index (χ2v) is 6.71. The third-order valence-corrected chi connectivity index (χ3v) is 4.89. The molecule has 1 heterocycles. The van der Waals surface area contributed by atoms with Crippen molar-refractivity contribution in [1.82, 2.24) is 13.9 Å². The zero-order valence-corrected chi connectivity index (χ0v) is 11.7. The third-order valence-electron chi connectivity index (χ3n) is 2.99. The Bertz CT molecular complexity index is 383. The van der Waals surface area contributed by atoms with Crippen molar-refractivity contribution in [1.29, 1.82) is 0 Å². The molecule has 7 nitrogen and oxygen atoms in total. The lowest BCUT2D eigenvalue weighted by Crippen LogP contribution is -2.49. The first-order valence-electron chi connectivity index (χ1n) is 6.05. The van der Waals surface area contributed by atoms with Gasteiger partial charge in [0.1, 0.15) is 0 Å². The van der Waals surface area contributed by atoms with Gasteiger partial charge in [-0.2, -0.15) is 17.0 Å². The Morgan fingerprint density at radius 2 is 2.17 bits per heavy atom. The van der Waals surface area contributed by atoms with Crippen molar-refractivity contribution in [3.8, 4) is 0 Å². The van der Waals surface area contributed by atoms with E-state index in [2.05, 4.69) is 5.32 Å². The molecule has 0 bridgehead atoms. The largest absolute Gasteiger partial charge is 0.355 e. The molecule has 0 aromatic carbocycles. The fourth-order valence-corrected chi connectivity index (χ4v) is 3.13. The second-order valence-electron chi connectivity index (χ2n) is 4.57. The molecular formula is C10H22N4O3S. The van der Waals surface area contributed by atoms with Gasteiger partial charge in [-0.3, -0.25) is 4.79 Å². The molecule has 0 radical (unpaired) electrons. The van der Waals surface area contributed by atoms with Crippen molar-refractivity contribution in [3.05, 3.63) is 0 Å². The molecule has 1 rings (SSSR count). The van der Waals surface area contributed by atoms with Gasteiger partial charge in [-0.1, -0.05) is 0 Å². The highest BCUT2D eigenvalue weighted by Crippen LogP contribution is 2.20. The minimum absolute atomic E-state index is 0.112. The number of amides is 1. The highest BCUT2D eigenvalue weighted by molar-refractivity contribution is 7.86. The maximum Gasteiger partial charge on any atom is 0.281 e. The van der Waals surface area contributed by atoms with E-state index in [9.17, 15) is 13.2 Å². The summed E-state index contributed by atoms with van der Waals surface area (Å²) in [5, 5.41) is 2.70. The van der Waals surface area contributed by atoms with Crippen LogP contribution in [0.4, 0.5) is 0 Å². The van der Waals surface area contributed by atoms with Gasteiger partial charge in [0.25, 0.3) is 10.2 Å². The molecule has 1 amide bonds. The fourth-order valence-electron chi connectivity index (χ4n) is 1.94. The van der Waals surface area contributed by atoms with Crippen molar-refractivity contribution in [3.63, 3.8) is 0 Å². The predicted octanol–water partition coefficient (Wildman–Crippen LogP) is -1.42. The SMILES string of the molecule is CN(C)S(=O)(=O)N1CCCC(C(=O)NCCN)C1. The summed E-state index contributed by atoms with van der Waals surface area (Å²) >= 11 is 0. The number of hydrogen-bond donors (Lipinski definition) is 2. The molecule has 0 aliphatic carbocycles. The summed E-state index contributed by atoms with van der Waals surface area (Å²) in [6.45, 7) is 1.53. The van der Waals surface area contributed by atoms with E-state index in [-0.39, 0.29) is 18.4 Å². The first kappa shape index (κ1) is 15.4. The van der Waals surface area contributed by atoms with Gasteiger partial charge in [-0.25, -0.2) is 0 Å². The molecule has 3 N–H and O–H groups in total. The minimum Gasteiger partial charge on any atom is -0.355 e. The van der Waals surface area contributed by atoms with Crippen LogP contribution in [0.5, 0.6) is 0 Å². The first-order valence-corrected chi connectivity index (χ1v) is 7.44. The minimum atomic E-state index is -3.42. The Morgan fingerprint density at radius 3 is 2.72 bits per heavy atom. The number of nitrogens with two attached hydrogens (primary N) is 1. The summed E-state index contributed by atoms with van der Waals surface area (Å²) in [4.78, 5) is 11.8. The summed E-state index contributed by atoms with van der Waals surface area (Å²) in [5.74, 6) is -0.390. The topological polar surface area (TPSA) is 95.7 Å². The van der Waals surface area contributed by atoms with Gasteiger partial charge >= 0.3 is 0 Å². The molecule has 8 heteroatoms. The Balaban J connectivity index is 2.64. The molecule has 18 heavy (non-hydrogen) atoms. The summed E-state index contributed by atoms with van der Waals surface area (Å²) in [6.07, 6.45) is 1.42. The summed E-state index contributed by atoms with van der Waals surface area (Å²) in [6, 6.07) is 0. The molecule has 0 spiro atoms. The van der Waals surface area contributed by atoms with Crippen LogP contribution in [0.15, 0.2) is 0 Å². The van der Waals surface area contributed by atoms with E-state index in [4.69, 9.17) is 5.73 Å². The molecule has 0 saturated carbocycles. The zero-order valence-electron chi connectivity index (χ0n) is 10.9. The molecule has 1 aliphatic heterocycles. The number of nitrogens with one attached hydrogen (secondary N) is 1. The van der Waals surface area contributed by atoms with Crippen LogP contribution in [-0.4, -0.2) is 63.2 Å². The average molecular weight is 278 g/mol. The predicted molar refractivity (Wildman–Crippen MR) is 69.0 cm³/mol. The second kappa shape index (κ2) is 6.46. The van der Waals surface area contributed by atoms with Crippen LogP contribution < -0.4 is 11.1 Å². The van der Waals surface area contributed by atoms with Crippen LogP contribution in [0, 0.1) is 5.92 Å². The number of hydrogen-bond acceptors (Lipinski definition) is 4. The van der Waals surface area contributed by atoms with Gasteiger partial charge < -0.3 is 11.1 Å². The highest BCUT2D eigenvalue weighted by Gasteiger charge is 2.33. The number of piperidine rings is 1. The van der Waals surface area contributed by atoms with E-state index in [1.165, 1.54) is 22.7 Å². The van der Waals surface area contributed by atoms with Crippen molar-refractivity contribution < 1.29 is 13.2 Å². The molecule has 1 fully saturated rings. The lowest BCUT2D eigenvalue weighted by molar-refractivity contribution is -0.126. The molecule has 1 saturated heterocycles. The Labute approximate surface area is 108 Å². The highest BCUT2D eigenvalue weighted by atomic mass is 32.2. The molecule has 1 unspecified atom stereocenters. The Hall–Kier alpha value is -0.700. The van der Waals surface area contributed by atoms with Crippen molar-refractivity contribution in [2.45, 2.75) is 12.8 Å². The average Bonchev–Trinajstić information content (AvgIpc) is 2.35. The summed E-state index contributed by atoms with van der Waals surface area (Å²) in [5.41, 5.74) is 5.31. The first-order chi connectivity index (χ1) is 8.39. The van der Waals surface area contributed by atoms with E-state index in [1.807, 2.05) is 0 Å². The molecule has 1 atom stereocenters. The lowest BCUT2D eigenvalue weighted by atomic mass is 9.99. The van der Waals surface area contributed by atoms with Crippen LogP contribution in [0.1, 0.15) is 12.8 Å². The maximum atomic E-state index is 12.0. The zero-order chi connectivity index (χ0) is 13.8. The van der Waals surface area contributed by atoms with Crippen molar-refractivity contribution in [2.24, 2.45) is 11.7 Å². The molecule has 1 aliphatic rings. The number of carbonyl (C=O) groups is 1. The van der Waals surface area contributed by atoms with E-state index >= 15 is 0 Å². The molecule has 106 valence electrons. The smallest absolute Gasteiger partial charge is 0.281 e. The van der Waals surface area contributed by atoms with Gasteiger partial charge in [0.15, 0.2) is 0 Å². The maximum absolute atomic E-state index is 12.0. The normalized spacial score (nSPS) is 22.1. The van der Waals surface area contributed by atoms with Gasteiger partial charge in [-0.15, -0.1) is 0 Å². The van der Waals surface area contributed by atoms with Gasteiger partial charge in [0.05, 0.1) is 5.92 Å². The summed E-state index contributed by atoms with van der Waals surface area (Å²) < 4.78 is 26.5. The lowest BCUT2D eigenvalue weighted by Gasteiger charge is -2.32. The Kier molecular flexibility index (Phi) is 5.51. The number of nitrogens with zero attached hydrogens (tertiary/aromatic N) is 2. The number of rotatable bonds is 5. The third kappa shape index (κ3) is 3.64.